The first-order valence-electron chi connectivity index (χ1n) is 10.1. The Morgan fingerprint density at radius 3 is 2.21 bits per heavy atom. The number of non-ortho nitro benzene ring substituents is 1. The molecule has 0 aliphatic rings. The van der Waals surface area contributed by atoms with E-state index in [2.05, 4.69) is 0 Å². The number of benzene rings is 4. The summed E-state index contributed by atoms with van der Waals surface area (Å²) in [6.07, 6.45) is -0.0874. The number of carboxylic acid groups (broad SMARTS) is 1. The van der Waals surface area contributed by atoms with E-state index in [-0.39, 0.29) is 12.1 Å². The van der Waals surface area contributed by atoms with Crippen LogP contribution < -0.4 is 9.47 Å². The summed E-state index contributed by atoms with van der Waals surface area (Å²) in [5.74, 6) is 1.10. The maximum Gasteiger partial charge on any atom is 0.307 e. The zero-order chi connectivity index (χ0) is 23.2. The number of nitro groups is 1. The maximum atomic E-state index is 11.0. The van der Waals surface area contributed by atoms with Crippen LogP contribution in [0, 0.1) is 10.1 Å². The van der Waals surface area contributed by atoms with Crippen LogP contribution in [-0.4, -0.2) is 16.0 Å². The number of carboxylic acids is 1. The second kappa shape index (κ2) is 9.65. The van der Waals surface area contributed by atoms with Crippen LogP contribution in [0.5, 0.6) is 23.0 Å². The van der Waals surface area contributed by atoms with E-state index in [4.69, 9.17) is 14.6 Å². The molecule has 0 saturated heterocycles. The zero-order valence-corrected chi connectivity index (χ0v) is 17.4. The van der Waals surface area contributed by atoms with Gasteiger partial charge >= 0.3 is 5.97 Å². The SMILES string of the molecule is O=C(O)Cc1cccc(Oc2ccccc2-c2cccc(Oc3cccc([N+](=O)[O-])c3)c2)c1. The molecule has 0 saturated carbocycles. The van der Waals surface area contributed by atoms with Gasteiger partial charge < -0.3 is 14.6 Å². The molecule has 0 fully saturated rings. The van der Waals surface area contributed by atoms with Gasteiger partial charge in [-0.2, -0.15) is 0 Å². The van der Waals surface area contributed by atoms with Gasteiger partial charge in [0.2, 0.25) is 0 Å². The van der Waals surface area contributed by atoms with Crippen LogP contribution in [0.25, 0.3) is 11.1 Å². The molecule has 0 atom stereocenters. The molecule has 7 nitrogen and oxygen atoms in total. The van der Waals surface area contributed by atoms with Gasteiger partial charge in [-0.15, -0.1) is 0 Å². The van der Waals surface area contributed by atoms with E-state index < -0.39 is 10.9 Å². The minimum atomic E-state index is -0.909. The lowest BCUT2D eigenvalue weighted by Gasteiger charge is -2.13. The molecule has 1 N–H and O–H groups in total. The summed E-state index contributed by atoms with van der Waals surface area (Å²) in [5, 5.41) is 20.0. The highest BCUT2D eigenvalue weighted by Crippen LogP contribution is 2.36. The Bertz CT molecular complexity index is 1320. The highest BCUT2D eigenvalue weighted by molar-refractivity contribution is 5.72. The van der Waals surface area contributed by atoms with Crippen molar-refractivity contribution in [3.8, 4) is 34.1 Å². The summed E-state index contributed by atoms with van der Waals surface area (Å²) in [7, 11) is 0. The molecule has 0 unspecified atom stereocenters. The number of ether oxygens (including phenoxy) is 2. The summed E-state index contributed by atoms with van der Waals surface area (Å²) in [6, 6.07) is 27.7. The van der Waals surface area contributed by atoms with Crippen molar-refractivity contribution in [1.29, 1.82) is 0 Å². The van der Waals surface area contributed by atoms with Gasteiger partial charge in [0.1, 0.15) is 23.0 Å². The quantitative estimate of drug-likeness (QED) is 0.248. The van der Waals surface area contributed by atoms with Gasteiger partial charge in [0.25, 0.3) is 5.69 Å². The number of carbonyl (C=O) groups is 1. The standard InChI is InChI=1S/C26H19NO6/c28-26(29)15-18-6-3-9-21(14-18)33-25-13-2-1-12-24(25)19-7-4-10-22(16-19)32-23-11-5-8-20(17-23)27(30)31/h1-14,16-17H,15H2,(H,28,29). The Morgan fingerprint density at radius 2 is 1.45 bits per heavy atom. The lowest BCUT2D eigenvalue weighted by atomic mass is 10.0. The average molecular weight is 441 g/mol. The van der Waals surface area contributed by atoms with Crippen LogP contribution in [0.3, 0.4) is 0 Å². The van der Waals surface area contributed by atoms with Crippen LogP contribution in [0.15, 0.2) is 97.1 Å². The molecule has 4 rings (SSSR count). The largest absolute Gasteiger partial charge is 0.481 e. The fraction of sp³-hybridized carbons (Fsp3) is 0.0385. The summed E-state index contributed by atoms with van der Waals surface area (Å²) in [5.41, 5.74) is 2.23. The Morgan fingerprint density at radius 1 is 0.788 bits per heavy atom. The molecular formula is C26H19NO6. The number of aliphatic carboxylic acids is 1. The first kappa shape index (κ1) is 21.6. The van der Waals surface area contributed by atoms with Crippen molar-refractivity contribution in [1.82, 2.24) is 0 Å². The van der Waals surface area contributed by atoms with Crippen LogP contribution in [-0.2, 0) is 11.2 Å². The average Bonchev–Trinajstić information content (AvgIpc) is 2.80. The fourth-order valence-corrected chi connectivity index (χ4v) is 3.34. The third-order valence-electron chi connectivity index (χ3n) is 4.78. The zero-order valence-electron chi connectivity index (χ0n) is 17.4. The molecule has 0 heterocycles. The van der Waals surface area contributed by atoms with Gasteiger partial charge in [0.15, 0.2) is 0 Å². The topological polar surface area (TPSA) is 98.9 Å². The van der Waals surface area contributed by atoms with E-state index >= 15 is 0 Å². The first-order valence-corrected chi connectivity index (χ1v) is 10.1. The van der Waals surface area contributed by atoms with Gasteiger partial charge in [-0.1, -0.05) is 48.5 Å². The number of rotatable bonds is 8. The Hall–Kier alpha value is -4.65. The molecule has 4 aromatic rings. The highest BCUT2D eigenvalue weighted by atomic mass is 16.6. The Labute approximate surface area is 189 Å². The van der Waals surface area contributed by atoms with E-state index in [1.165, 1.54) is 12.1 Å². The first-order chi connectivity index (χ1) is 16.0. The van der Waals surface area contributed by atoms with Crippen LogP contribution in [0.2, 0.25) is 0 Å². The fourth-order valence-electron chi connectivity index (χ4n) is 3.34. The number of nitro benzene ring substituents is 1. The van der Waals surface area contributed by atoms with E-state index in [1.807, 2.05) is 42.5 Å². The van der Waals surface area contributed by atoms with E-state index in [1.54, 1.807) is 42.5 Å². The molecule has 0 spiro atoms. The summed E-state index contributed by atoms with van der Waals surface area (Å²) < 4.78 is 11.9. The van der Waals surface area contributed by atoms with Gasteiger partial charge in [0.05, 0.1) is 17.4 Å². The van der Waals surface area contributed by atoms with E-state index in [0.29, 0.717) is 28.6 Å². The van der Waals surface area contributed by atoms with Gasteiger partial charge in [-0.3, -0.25) is 14.9 Å². The normalized spacial score (nSPS) is 10.4. The number of hydrogen-bond donors (Lipinski definition) is 1. The molecular weight excluding hydrogens is 422 g/mol. The molecule has 33 heavy (non-hydrogen) atoms. The second-order valence-electron chi connectivity index (χ2n) is 7.20. The monoisotopic (exact) mass is 441 g/mol. The third-order valence-corrected chi connectivity index (χ3v) is 4.78. The minimum Gasteiger partial charge on any atom is -0.481 e. The molecule has 4 aromatic carbocycles. The molecule has 0 aromatic heterocycles. The summed E-state index contributed by atoms with van der Waals surface area (Å²) in [4.78, 5) is 21.5. The molecule has 0 aliphatic heterocycles. The summed E-state index contributed by atoms with van der Waals surface area (Å²) in [6.45, 7) is 0. The van der Waals surface area contributed by atoms with Crippen molar-refractivity contribution in [3.63, 3.8) is 0 Å². The second-order valence-corrected chi connectivity index (χ2v) is 7.20. The predicted octanol–water partition coefficient (Wildman–Crippen LogP) is 6.47. The van der Waals surface area contributed by atoms with Crippen molar-refractivity contribution in [3.05, 3.63) is 113 Å². The van der Waals surface area contributed by atoms with Crippen LogP contribution >= 0.6 is 0 Å². The molecule has 0 bridgehead atoms. The van der Waals surface area contributed by atoms with Crippen molar-refractivity contribution >= 4 is 11.7 Å². The smallest absolute Gasteiger partial charge is 0.307 e. The third kappa shape index (κ3) is 5.54. The molecule has 7 heteroatoms. The molecule has 0 aliphatic carbocycles. The van der Waals surface area contributed by atoms with Gasteiger partial charge in [-0.05, 0) is 47.5 Å². The van der Waals surface area contributed by atoms with Gasteiger partial charge in [-0.25, -0.2) is 0 Å². The molecule has 164 valence electrons. The van der Waals surface area contributed by atoms with E-state index in [0.717, 1.165) is 11.1 Å². The summed E-state index contributed by atoms with van der Waals surface area (Å²) >= 11 is 0. The number of hydrogen-bond acceptors (Lipinski definition) is 5. The number of para-hydroxylation sites is 1. The minimum absolute atomic E-state index is 0.0486. The number of nitrogens with zero attached hydrogens (tertiary/aromatic N) is 1. The van der Waals surface area contributed by atoms with Crippen molar-refractivity contribution in [2.24, 2.45) is 0 Å². The molecule has 0 radical (unpaired) electrons. The molecule has 0 amide bonds. The van der Waals surface area contributed by atoms with Crippen LogP contribution in [0.1, 0.15) is 5.56 Å². The van der Waals surface area contributed by atoms with Crippen molar-refractivity contribution < 1.29 is 24.3 Å². The van der Waals surface area contributed by atoms with E-state index in [9.17, 15) is 14.9 Å². The van der Waals surface area contributed by atoms with Crippen molar-refractivity contribution in [2.45, 2.75) is 6.42 Å². The predicted molar refractivity (Wildman–Crippen MR) is 123 cm³/mol. The Balaban J connectivity index is 1.60. The Kier molecular flexibility index (Phi) is 6.31. The lowest BCUT2D eigenvalue weighted by molar-refractivity contribution is -0.384. The van der Waals surface area contributed by atoms with Gasteiger partial charge in [0, 0.05) is 11.6 Å². The maximum absolute atomic E-state index is 11.0. The highest BCUT2D eigenvalue weighted by Gasteiger charge is 2.11. The lowest BCUT2D eigenvalue weighted by Crippen LogP contribution is -2.00. The van der Waals surface area contributed by atoms with Crippen LogP contribution in [0.4, 0.5) is 5.69 Å². The van der Waals surface area contributed by atoms with Crippen molar-refractivity contribution in [2.75, 3.05) is 0 Å².